The minimum absolute atomic E-state index is 0.133. The van der Waals surface area contributed by atoms with Gasteiger partial charge in [-0.1, -0.05) is 27.5 Å². The number of hydrogen-bond donors (Lipinski definition) is 0. The summed E-state index contributed by atoms with van der Waals surface area (Å²) in [6, 6.07) is 1.31. The molecule has 0 saturated carbocycles. The van der Waals surface area contributed by atoms with Crippen molar-refractivity contribution < 1.29 is 13.6 Å². The third-order valence-corrected chi connectivity index (χ3v) is 2.44. The second kappa shape index (κ2) is 4.79. The van der Waals surface area contributed by atoms with E-state index in [-0.39, 0.29) is 17.0 Å². The van der Waals surface area contributed by atoms with E-state index in [2.05, 4.69) is 20.9 Å². The van der Waals surface area contributed by atoms with E-state index in [4.69, 9.17) is 11.6 Å². The Labute approximate surface area is 92.4 Å². The van der Waals surface area contributed by atoms with Gasteiger partial charge in [-0.25, -0.2) is 13.8 Å². The molecule has 1 rings (SSSR count). The van der Waals surface area contributed by atoms with Gasteiger partial charge in [-0.15, -0.1) is 0 Å². The van der Waals surface area contributed by atoms with Gasteiger partial charge >= 0.3 is 0 Å². The summed E-state index contributed by atoms with van der Waals surface area (Å²) in [5, 5.41) is 0.225. The van der Waals surface area contributed by atoms with Crippen LogP contribution in [0.15, 0.2) is 6.07 Å². The molecular weight excluding hydrogens is 279 g/mol. The second-order valence-electron chi connectivity index (χ2n) is 2.45. The van der Waals surface area contributed by atoms with Crippen LogP contribution in [-0.2, 0) is 5.33 Å². The summed E-state index contributed by atoms with van der Waals surface area (Å²) < 4.78 is 24.8. The maximum absolute atomic E-state index is 12.4. The van der Waals surface area contributed by atoms with Crippen molar-refractivity contribution in [2.45, 2.75) is 11.8 Å². The van der Waals surface area contributed by atoms with Crippen LogP contribution in [0, 0.1) is 0 Å². The first-order chi connectivity index (χ1) is 6.60. The number of aldehydes is 1. The Hall–Kier alpha value is -0.550. The Balaban J connectivity index is 3.34. The SMILES string of the molecule is O=Cc1nc(CBr)cc(Cl)c1C(F)F. The largest absolute Gasteiger partial charge is 0.296 e. The lowest BCUT2D eigenvalue weighted by molar-refractivity contribution is 0.110. The number of rotatable bonds is 3. The minimum Gasteiger partial charge on any atom is -0.296 e. The molecule has 0 saturated heterocycles. The van der Waals surface area contributed by atoms with Gasteiger partial charge < -0.3 is 0 Å². The second-order valence-corrected chi connectivity index (χ2v) is 3.41. The molecule has 2 nitrogen and oxygen atoms in total. The molecule has 0 spiro atoms. The Kier molecular flexibility index (Phi) is 3.95. The summed E-state index contributed by atoms with van der Waals surface area (Å²) in [6.07, 6.45) is -2.51. The van der Waals surface area contributed by atoms with Crippen LogP contribution in [0.2, 0.25) is 5.02 Å². The van der Waals surface area contributed by atoms with Crippen molar-refractivity contribution in [3.63, 3.8) is 0 Å². The van der Waals surface area contributed by atoms with Crippen LogP contribution in [0.25, 0.3) is 0 Å². The molecule has 1 aromatic heterocycles. The van der Waals surface area contributed by atoms with Crippen molar-refractivity contribution in [2.75, 3.05) is 0 Å². The monoisotopic (exact) mass is 283 g/mol. The highest BCUT2D eigenvalue weighted by molar-refractivity contribution is 9.08. The zero-order valence-electron chi connectivity index (χ0n) is 6.81. The zero-order valence-corrected chi connectivity index (χ0v) is 9.15. The standard InChI is InChI=1S/C8H5BrClF2NO/c9-2-4-1-5(10)7(8(11)12)6(3-14)13-4/h1,3,8H,2H2. The molecule has 0 aliphatic rings. The molecule has 1 heterocycles. The lowest BCUT2D eigenvalue weighted by atomic mass is 10.2. The van der Waals surface area contributed by atoms with E-state index in [9.17, 15) is 13.6 Å². The summed E-state index contributed by atoms with van der Waals surface area (Å²) in [7, 11) is 0. The third-order valence-electron chi connectivity index (χ3n) is 1.56. The quantitative estimate of drug-likeness (QED) is 0.629. The fourth-order valence-corrected chi connectivity index (χ4v) is 1.56. The minimum atomic E-state index is -2.79. The normalized spacial score (nSPS) is 10.6. The van der Waals surface area contributed by atoms with Gasteiger partial charge in [-0.05, 0) is 6.07 Å². The lowest BCUT2D eigenvalue weighted by Crippen LogP contribution is -2.01. The average Bonchev–Trinajstić information content (AvgIpc) is 2.15. The van der Waals surface area contributed by atoms with Crippen LogP contribution in [0.3, 0.4) is 0 Å². The van der Waals surface area contributed by atoms with Crippen molar-refractivity contribution in [1.29, 1.82) is 0 Å². The Morgan fingerprint density at radius 1 is 1.64 bits per heavy atom. The van der Waals surface area contributed by atoms with Gasteiger partial charge in [0.1, 0.15) is 5.69 Å². The number of nitrogens with zero attached hydrogens (tertiary/aromatic N) is 1. The first kappa shape index (κ1) is 11.5. The molecular formula is C8H5BrClF2NO. The molecule has 0 aliphatic carbocycles. The van der Waals surface area contributed by atoms with E-state index >= 15 is 0 Å². The molecule has 0 amide bonds. The Morgan fingerprint density at radius 3 is 2.71 bits per heavy atom. The van der Waals surface area contributed by atoms with Crippen molar-refractivity contribution in [3.05, 3.63) is 28.0 Å². The van der Waals surface area contributed by atoms with Crippen LogP contribution < -0.4 is 0 Å². The topological polar surface area (TPSA) is 30.0 Å². The fraction of sp³-hybridized carbons (Fsp3) is 0.250. The molecule has 6 heteroatoms. The number of aromatic nitrogens is 1. The van der Waals surface area contributed by atoms with Crippen LogP contribution in [-0.4, -0.2) is 11.3 Å². The van der Waals surface area contributed by atoms with E-state index in [1.807, 2.05) is 0 Å². The predicted octanol–water partition coefficient (Wildman–Crippen LogP) is 3.38. The number of pyridine rings is 1. The lowest BCUT2D eigenvalue weighted by Gasteiger charge is -2.06. The number of alkyl halides is 3. The van der Waals surface area contributed by atoms with Gasteiger partial charge in [0.2, 0.25) is 0 Å². The van der Waals surface area contributed by atoms with Gasteiger partial charge in [0.15, 0.2) is 6.29 Å². The van der Waals surface area contributed by atoms with Crippen molar-refractivity contribution in [2.24, 2.45) is 0 Å². The van der Waals surface area contributed by atoms with Gasteiger partial charge in [0.25, 0.3) is 6.43 Å². The van der Waals surface area contributed by atoms with Crippen LogP contribution in [0.4, 0.5) is 8.78 Å². The summed E-state index contributed by atoms with van der Waals surface area (Å²) in [4.78, 5) is 14.2. The highest BCUT2D eigenvalue weighted by Gasteiger charge is 2.19. The third kappa shape index (κ3) is 2.27. The van der Waals surface area contributed by atoms with Gasteiger partial charge in [-0.3, -0.25) is 4.79 Å². The maximum Gasteiger partial charge on any atom is 0.267 e. The maximum atomic E-state index is 12.4. The predicted molar refractivity (Wildman–Crippen MR) is 52.2 cm³/mol. The van der Waals surface area contributed by atoms with Gasteiger partial charge in [-0.2, -0.15) is 0 Å². The van der Waals surface area contributed by atoms with Gasteiger partial charge in [0.05, 0.1) is 16.3 Å². The summed E-state index contributed by atoms with van der Waals surface area (Å²) in [5.41, 5.74) is -0.366. The van der Waals surface area contributed by atoms with Crippen molar-refractivity contribution in [1.82, 2.24) is 4.98 Å². The molecule has 76 valence electrons. The highest BCUT2D eigenvalue weighted by Crippen LogP contribution is 2.29. The molecule has 0 atom stereocenters. The molecule has 14 heavy (non-hydrogen) atoms. The molecule has 0 N–H and O–H groups in total. The molecule has 0 bridgehead atoms. The molecule has 0 aliphatic heterocycles. The summed E-state index contributed by atoms with van der Waals surface area (Å²) in [5.74, 6) is 0. The average molecular weight is 284 g/mol. The van der Waals surface area contributed by atoms with E-state index in [0.29, 0.717) is 11.0 Å². The molecule has 0 radical (unpaired) electrons. The van der Waals surface area contributed by atoms with E-state index < -0.39 is 12.0 Å². The van der Waals surface area contributed by atoms with E-state index in [0.717, 1.165) is 0 Å². The Bertz CT molecular complexity index is 359. The smallest absolute Gasteiger partial charge is 0.267 e. The molecule has 0 fully saturated rings. The van der Waals surface area contributed by atoms with Crippen molar-refractivity contribution >= 4 is 33.8 Å². The Morgan fingerprint density at radius 2 is 2.29 bits per heavy atom. The highest BCUT2D eigenvalue weighted by atomic mass is 79.9. The summed E-state index contributed by atoms with van der Waals surface area (Å²) >= 11 is 8.68. The van der Waals surface area contributed by atoms with Crippen molar-refractivity contribution in [3.8, 4) is 0 Å². The first-order valence-electron chi connectivity index (χ1n) is 3.58. The number of carbonyl (C=O) groups is 1. The number of carbonyl (C=O) groups excluding carboxylic acids is 1. The molecule has 0 unspecified atom stereocenters. The van der Waals surface area contributed by atoms with E-state index in [1.165, 1.54) is 6.07 Å². The first-order valence-corrected chi connectivity index (χ1v) is 5.08. The van der Waals surface area contributed by atoms with E-state index in [1.54, 1.807) is 0 Å². The fourth-order valence-electron chi connectivity index (χ4n) is 0.968. The molecule has 1 aromatic rings. The van der Waals surface area contributed by atoms with Gasteiger partial charge in [0, 0.05) is 5.33 Å². The van der Waals surface area contributed by atoms with Crippen LogP contribution >= 0.6 is 27.5 Å². The molecule has 0 aromatic carbocycles. The zero-order chi connectivity index (χ0) is 10.7. The van der Waals surface area contributed by atoms with Crippen LogP contribution in [0.5, 0.6) is 0 Å². The number of hydrogen-bond acceptors (Lipinski definition) is 2. The van der Waals surface area contributed by atoms with Crippen LogP contribution in [0.1, 0.15) is 28.2 Å². The summed E-state index contributed by atoms with van der Waals surface area (Å²) in [6.45, 7) is 0. The number of halogens is 4.